The van der Waals surface area contributed by atoms with Crippen molar-refractivity contribution in [1.29, 1.82) is 0 Å². The van der Waals surface area contributed by atoms with Crippen molar-refractivity contribution in [3.63, 3.8) is 0 Å². The van der Waals surface area contributed by atoms with Gasteiger partial charge >= 0.3 is 0 Å². The highest BCUT2D eigenvalue weighted by molar-refractivity contribution is 5.88. The summed E-state index contributed by atoms with van der Waals surface area (Å²) < 4.78 is 0. The zero-order valence-electron chi connectivity index (χ0n) is 13.9. The van der Waals surface area contributed by atoms with Gasteiger partial charge in [-0.2, -0.15) is 0 Å². The van der Waals surface area contributed by atoms with Crippen LogP contribution in [0.3, 0.4) is 0 Å². The molecule has 1 fully saturated rings. The van der Waals surface area contributed by atoms with E-state index in [9.17, 15) is 0 Å². The quantitative estimate of drug-likeness (QED) is 0.635. The smallest absolute Gasteiger partial charge is 0.0516 e. The molecule has 2 aromatic rings. The summed E-state index contributed by atoms with van der Waals surface area (Å²) in [6, 6.07) is 8.86. The minimum Gasteiger partial charge on any atom is -0.256 e. The van der Waals surface area contributed by atoms with E-state index in [4.69, 9.17) is 4.98 Å². The minimum atomic E-state index is 0.109. The summed E-state index contributed by atoms with van der Waals surface area (Å²) in [5.41, 5.74) is 4.11. The van der Waals surface area contributed by atoms with Gasteiger partial charge in [-0.25, -0.2) is 0 Å². The monoisotopic (exact) mass is 281 g/mol. The molecule has 1 saturated carbocycles. The normalized spacial score (nSPS) is 17.3. The average molecular weight is 281 g/mol. The van der Waals surface area contributed by atoms with E-state index in [2.05, 4.69) is 52.0 Å². The third-order valence-electron chi connectivity index (χ3n) is 4.90. The Morgan fingerprint density at radius 3 is 2.19 bits per heavy atom. The number of nitrogens with zero attached hydrogens (tertiary/aromatic N) is 1. The lowest BCUT2D eigenvalue weighted by Gasteiger charge is -2.27. The lowest BCUT2D eigenvalue weighted by molar-refractivity contribution is 0.435. The van der Waals surface area contributed by atoms with Gasteiger partial charge in [0.15, 0.2) is 0 Å². The Labute approximate surface area is 128 Å². The van der Waals surface area contributed by atoms with Gasteiger partial charge in [-0.15, -0.1) is 0 Å². The number of hydrogen-bond acceptors (Lipinski definition) is 1. The second-order valence-electron chi connectivity index (χ2n) is 7.60. The van der Waals surface area contributed by atoms with Crippen molar-refractivity contribution in [2.45, 2.75) is 71.1 Å². The third kappa shape index (κ3) is 2.71. The molecule has 1 aromatic carbocycles. The Morgan fingerprint density at radius 1 is 0.952 bits per heavy atom. The van der Waals surface area contributed by atoms with Crippen molar-refractivity contribution in [1.82, 2.24) is 4.98 Å². The van der Waals surface area contributed by atoms with Gasteiger partial charge in [-0.3, -0.25) is 4.98 Å². The van der Waals surface area contributed by atoms with Crippen LogP contribution < -0.4 is 0 Å². The zero-order valence-corrected chi connectivity index (χ0v) is 13.9. The molecule has 0 bridgehead atoms. The lowest BCUT2D eigenvalue weighted by atomic mass is 9.82. The molecule has 112 valence electrons. The first-order valence-corrected chi connectivity index (χ1v) is 8.38. The summed E-state index contributed by atoms with van der Waals surface area (Å²) in [6.45, 7) is 9.08. The van der Waals surface area contributed by atoms with E-state index in [0.717, 1.165) is 0 Å². The van der Waals surface area contributed by atoms with E-state index in [1.54, 1.807) is 0 Å². The molecule has 0 atom stereocenters. The predicted molar refractivity (Wildman–Crippen MR) is 91.0 cm³/mol. The molecule has 1 aliphatic rings. The van der Waals surface area contributed by atoms with Gasteiger partial charge in [-0.05, 0) is 30.7 Å². The molecule has 1 nitrogen and oxygen atoms in total. The fourth-order valence-electron chi connectivity index (χ4n) is 3.84. The second kappa shape index (κ2) is 5.44. The third-order valence-corrected chi connectivity index (χ3v) is 4.90. The van der Waals surface area contributed by atoms with Crippen LogP contribution in [-0.4, -0.2) is 4.98 Å². The predicted octanol–water partition coefficient (Wildman–Crippen LogP) is 5.89. The van der Waals surface area contributed by atoms with Gasteiger partial charge in [0.1, 0.15) is 0 Å². The number of fused-ring (bicyclic) bond motifs is 1. The van der Waals surface area contributed by atoms with E-state index < -0.39 is 0 Å². The van der Waals surface area contributed by atoms with E-state index in [-0.39, 0.29) is 5.41 Å². The average Bonchev–Trinajstić information content (AvgIpc) is 2.47. The van der Waals surface area contributed by atoms with Crippen molar-refractivity contribution >= 4 is 10.8 Å². The van der Waals surface area contributed by atoms with Crippen molar-refractivity contribution in [2.24, 2.45) is 0 Å². The first-order chi connectivity index (χ1) is 9.98. The molecule has 1 aliphatic carbocycles. The summed E-state index contributed by atoms with van der Waals surface area (Å²) in [5, 5.41) is 2.79. The van der Waals surface area contributed by atoms with Crippen LogP contribution in [0.1, 0.15) is 75.7 Å². The summed E-state index contributed by atoms with van der Waals surface area (Å²) >= 11 is 0. The highest BCUT2D eigenvalue weighted by atomic mass is 14.8. The maximum Gasteiger partial charge on any atom is 0.0516 e. The maximum absolute atomic E-state index is 5.20. The van der Waals surface area contributed by atoms with E-state index in [1.807, 2.05) is 0 Å². The van der Waals surface area contributed by atoms with Crippen molar-refractivity contribution in [3.8, 4) is 0 Å². The highest BCUT2D eigenvalue weighted by Crippen LogP contribution is 2.38. The van der Waals surface area contributed by atoms with Crippen LogP contribution in [-0.2, 0) is 5.41 Å². The first kappa shape index (κ1) is 14.6. The summed E-state index contributed by atoms with van der Waals surface area (Å²) in [6.07, 6.45) is 6.73. The molecule has 0 spiro atoms. The SMILES string of the molecule is Cc1c(C(C)(C)C)nc(C2CCCCC2)c2ccccc12. The molecule has 0 unspecified atom stereocenters. The zero-order chi connectivity index (χ0) is 15.0. The number of aryl methyl sites for hydroxylation is 1. The molecule has 21 heavy (non-hydrogen) atoms. The number of aromatic nitrogens is 1. The molecular weight excluding hydrogens is 254 g/mol. The number of rotatable bonds is 1. The summed E-state index contributed by atoms with van der Waals surface area (Å²) in [4.78, 5) is 5.20. The highest BCUT2D eigenvalue weighted by Gasteiger charge is 2.25. The Morgan fingerprint density at radius 2 is 1.57 bits per heavy atom. The van der Waals surface area contributed by atoms with Crippen LogP contribution in [0, 0.1) is 6.92 Å². The molecule has 0 radical (unpaired) electrons. The number of pyridine rings is 1. The summed E-state index contributed by atoms with van der Waals surface area (Å²) in [5.74, 6) is 0.658. The molecule has 1 aromatic heterocycles. The van der Waals surface area contributed by atoms with Gasteiger partial charge < -0.3 is 0 Å². The Bertz CT molecular complexity index is 643. The molecule has 0 N–H and O–H groups in total. The molecule has 1 heterocycles. The molecule has 0 amide bonds. The van der Waals surface area contributed by atoms with Crippen LogP contribution in [0.15, 0.2) is 24.3 Å². The summed E-state index contributed by atoms with van der Waals surface area (Å²) in [7, 11) is 0. The van der Waals surface area contributed by atoms with Crippen molar-refractivity contribution < 1.29 is 0 Å². The van der Waals surface area contributed by atoms with Crippen LogP contribution in [0.4, 0.5) is 0 Å². The second-order valence-corrected chi connectivity index (χ2v) is 7.60. The lowest BCUT2D eigenvalue weighted by Crippen LogP contribution is -2.19. The fraction of sp³-hybridized carbons (Fsp3) is 0.550. The topological polar surface area (TPSA) is 12.9 Å². The van der Waals surface area contributed by atoms with Gasteiger partial charge in [0.25, 0.3) is 0 Å². The fourth-order valence-corrected chi connectivity index (χ4v) is 3.84. The molecular formula is C20H27N. The minimum absolute atomic E-state index is 0.109. The Kier molecular flexibility index (Phi) is 3.77. The largest absolute Gasteiger partial charge is 0.256 e. The molecule has 0 aliphatic heterocycles. The Balaban J connectivity index is 2.24. The number of hydrogen-bond donors (Lipinski definition) is 0. The number of benzene rings is 1. The van der Waals surface area contributed by atoms with Gasteiger partial charge in [-0.1, -0.05) is 64.3 Å². The van der Waals surface area contributed by atoms with Gasteiger partial charge in [0.2, 0.25) is 0 Å². The van der Waals surface area contributed by atoms with Crippen LogP contribution in [0.25, 0.3) is 10.8 Å². The first-order valence-electron chi connectivity index (χ1n) is 8.38. The van der Waals surface area contributed by atoms with Gasteiger partial charge in [0.05, 0.1) is 5.69 Å². The Hall–Kier alpha value is -1.37. The van der Waals surface area contributed by atoms with Crippen molar-refractivity contribution in [3.05, 3.63) is 41.2 Å². The van der Waals surface area contributed by atoms with E-state index in [0.29, 0.717) is 5.92 Å². The van der Waals surface area contributed by atoms with Crippen LogP contribution in [0.2, 0.25) is 0 Å². The van der Waals surface area contributed by atoms with E-state index >= 15 is 0 Å². The molecule has 1 heteroatoms. The van der Waals surface area contributed by atoms with Gasteiger partial charge in [0, 0.05) is 22.4 Å². The standard InChI is InChI=1S/C20H27N/c1-14-16-12-8-9-13-17(16)18(15-10-6-5-7-11-15)21-19(14)20(2,3)4/h8-9,12-13,15H,5-7,10-11H2,1-4H3. The maximum atomic E-state index is 5.20. The van der Waals surface area contributed by atoms with Crippen LogP contribution in [0.5, 0.6) is 0 Å². The van der Waals surface area contributed by atoms with Crippen molar-refractivity contribution in [2.75, 3.05) is 0 Å². The van der Waals surface area contributed by atoms with Crippen LogP contribution >= 0.6 is 0 Å². The molecule has 0 saturated heterocycles. The molecule has 3 rings (SSSR count). The van der Waals surface area contributed by atoms with E-state index in [1.165, 1.54) is 59.8 Å².